The first-order valence-corrected chi connectivity index (χ1v) is 11.3. The van der Waals surface area contributed by atoms with Gasteiger partial charge >= 0.3 is 0 Å². The lowest BCUT2D eigenvalue weighted by atomic mass is 10.0. The molecule has 2 aromatic carbocycles. The van der Waals surface area contributed by atoms with Crippen LogP contribution < -0.4 is 4.72 Å². The van der Waals surface area contributed by atoms with Crippen molar-refractivity contribution in [2.45, 2.75) is 31.1 Å². The Morgan fingerprint density at radius 3 is 2.48 bits per heavy atom. The number of benzene rings is 2. The molecule has 0 spiro atoms. The van der Waals surface area contributed by atoms with Crippen LogP contribution in [0.1, 0.15) is 25.3 Å². The summed E-state index contributed by atoms with van der Waals surface area (Å²) in [6.45, 7) is 2.41. The highest BCUT2D eigenvalue weighted by Gasteiger charge is 2.06. The molecule has 0 atom stereocenters. The zero-order valence-corrected chi connectivity index (χ0v) is 18.9. The Labute approximate surface area is 192 Å². The molecule has 0 aliphatic rings. The second kappa shape index (κ2) is 11.5. The van der Waals surface area contributed by atoms with Gasteiger partial charge in [-0.2, -0.15) is 0 Å². The van der Waals surface area contributed by atoms with E-state index in [4.69, 9.17) is 17.0 Å². The fourth-order valence-electron chi connectivity index (χ4n) is 3.02. The Kier molecular flexibility index (Phi) is 8.50. The molecule has 0 bridgehead atoms. The lowest BCUT2D eigenvalue weighted by molar-refractivity contribution is -0.114. The molecule has 3 rings (SSSR count). The first-order chi connectivity index (χ1) is 15.1. The van der Waals surface area contributed by atoms with E-state index in [0.717, 1.165) is 46.1 Å². The predicted octanol–water partition coefficient (Wildman–Crippen LogP) is 6.30. The van der Waals surface area contributed by atoms with Gasteiger partial charge in [-0.05, 0) is 73.7 Å². The first-order valence-electron chi connectivity index (χ1n) is 10.1. The molecule has 1 aromatic heterocycles. The summed E-state index contributed by atoms with van der Waals surface area (Å²) in [7, 11) is 0. The van der Waals surface area contributed by atoms with Gasteiger partial charge in [0.15, 0.2) is 0 Å². The van der Waals surface area contributed by atoms with Crippen molar-refractivity contribution < 1.29 is 4.79 Å². The van der Waals surface area contributed by atoms with Gasteiger partial charge in [-0.25, -0.2) is 0 Å². The van der Waals surface area contributed by atoms with E-state index in [1.54, 1.807) is 0 Å². The van der Waals surface area contributed by atoms with Crippen LogP contribution in [0, 0.1) is 5.41 Å². The summed E-state index contributed by atoms with van der Waals surface area (Å²) in [5.74, 6) is 0.376. The van der Waals surface area contributed by atoms with Gasteiger partial charge in [0.1, 0.15) is 5.84 Å². The SMILES string of the molecule is CCN(C=O)C(=N)CCCc1ccc(-c2ccc(NSc3ccc(Cl)cc3)cn2)cc1. The normalized spacial score (nSPS) is 10.5. The van der Waals surface area contributed by atoms with Crippen LogP contribution in [-0.2, 0) is 11.2 Å². The van der Waals surface area contributed by atoms with Crippen LogP contribution in [0.5, 0.6) is 0 Å². The van der Waals surface area contributed by atoms with Crippen molar-refractivity contribution in [1.82, 2.24) is 9.88 Å². The van der Waals surface area contributed by atoms with Crippen molar-refractivity contribution in [2.75, 3.05) is 11.3 Å². The van der Waals surface area contributed by atoms with E-state index in [9.17, 15) is 4.79 Å². The van der Waals surface area contributed by atoms with Gasteiger partial charge < -0.3 is 9.62 Å². The number of nitrogens with one attached hydrogen (secondary N) is 2. The number of aryl methyl sites for hydroxylation is 1. The second-order valence-electron chi connectivity index (χ2n) is 6.98. The molecule has 0 fully saturated rings. The molecule has 160 valence electrons. The fourth-order valence-corrected chi connectivity index (χ4v) is 3.77. The van der Waals surface area contributed by atoms with Crippen LogP contribution >= 0.6 is 23.5 Å². The topological polar surface area (TPSA) is 69.1 Å². The second-order valence-corrected chi connectivity index (χ2v) is 8.29. The van der Waals surface area contributed by atoms with E-state index in [1.807, 2.05) is 49.5 Å². The number of pyridine rings is 1. The highest BCUT2D eigenvalue weighted by atomic mass is 35.5. The zero-order valence-electron chi connectivity index (χ0n) is 17.3. The summed E-state index contributed by atoms with van der Waals surface area (Å²) in [6.07, 6.45) is 4.85. The summed E-state index contributed by atoms with van der Waals surface area (Å²) in [5.41, 5.74) is 4.12. The number of amides is 1. The third-order valence-corrected chi connectivity index (χ3v) is 5.90. The van der Waals surface area contributed by atoms with Crippen LogP contribution in [0.2, 0.25) is 5.02 Å². The summed E-state index contributed by atoms with van der Waals surface area (Å²) in [6, 6.07) is 20.0. The average molecular weight is 453 g/mol. The van der Waals surface area contributed by atoms with Gasteiger partial charge in [0.2, 0.25) is 6.41 Å². The molecule has 1 amide bonds. The van der Waals surface area contributed by atoms with Crippen LogP contribution in [0.25, 0.3) is 11.3 Å². The van der Waals surface area contributed by atoms with Crippen molar-refractivity contribution in [3.63, 3.8) is 0 Å². The number of halogens is 1. The number of anilines is 1. The highest BCUT2D eigenvalue weighted by molar-refractivity contribution is 8.00. The monoisotopic (exact) mass is 452 g/mol. The molecule has 31 heavy (non-hydrogen) atoms. The molecular weight excluding hydrogens is 428 g/mol. The maximum atomic E-state index is 10.9. The zero-order chi connectivity index (χ0) is 22.1. The van der Waals surface area contributed by atoms with Crippen molar-refractivity contribution in [3.05, 3.63) is 77.4 Å². The number of carbonyl (C=O) groups excluding carboxylic acids is 1. The van der Waals surface area contributed by atoms with Crippen LogP contribution in [0.3, 0.4) is 0 Å². The minimum atomic E-state index is 0.376. The standard InChI is InChI=1S/C24H25ClN4OS/c1-2-29(17-30)24(26)5-3-4-18-6-8-19(9-7-18)23-15-12-21(16-27-23)28-31-22-13-10-20(25)11-14-22/h6-17,26,28H,2-5H2,1H3. The number of rotatable bonds is 10. The van der Waals surface area contributed by atoms with Crippen molar-refractivity contribution in [3.8, 4) is 11.3 Å². The van der Waals surface area contributed by atoms with Crippen LogP contribution in [-0.4, -0.2) is 28.7 Å². The first kappa shape index (κ1) is 22.8. The van der Waals surface area contributed by atoms with Crippen molar-refractivity contribution in [2.24, 2.45) is 0 Å². The summed E-state index contributed by atoms with van der Waals surface area (Å²) in [5, 5.41) is 8.66. The Hall–Kier alpha value is -2.83. The molecule has 0 aliphatic heterocycles. The number of hydrogen-bond acceptors (Lipinski definition) is 5. The van der Waals surface area contributed by atoms with Gasteiger partial charge in [0.05, 0.1) is 17.6 Å². The lowest BCUT2D eigenvalue weighted by Crippen LogP contribution is -2.28. The Morgan fingerprint density at radius 1 is 1.13 bits per heavy atom. The number of carbonyl (C=O) groups is 1. The van der Waals surface area contributed by atoms with Crippen molar-refractivity contribution in [1.29, 1.82) is 5.41 Å². The van der Waals surface area contributed by atoms with E-state index < -0.39 is 0 Å². The maximum absolute atomic E-state index is 10.9. The largest absolute Gasteiger partial charge is 0.324 e. The molecule has 0 saturated heterocycles. The van der Waals surface area contributed by atoms with Crippen LogP contribution in [0.15, 0.2) is 71.8 Å². The minimum absolute atomic E-state index is 0.376. The number of aromatic nitrogens is 1. The molecule has 0 radical (unpaired) electrons. The molecule has 7 heteroatoms. The van der Waals surface area contributed by atoms with E-state index >= 15 is 0 Å². The fraction of sp³-hybridized carbons (Fsp3) is 0.208. The summed E-state index contributed by atoms with van der Waals surface area (Å²) in [4.78, 5) is 18.0. The van der Waals surface area contributed by atoms with Gasteiger partial charge in [0, 0.05) is 28.4 Å². The molecule has 2 N–H and O–H groups in total. The summed E-state index contributed by atoms with van der Waals surface area (Å²) >= 11 is 7.43. The molecule has 3 aromatic rings. The molecule has 5 nitrogen and oxygen atoms in total. The molecule has 1 heterocycles. The highest BCUT2D eigenvalue weighted by Crippen LogP contribution is 2.24. The number of nitrogens with zero attached hydrogens (tertiary/aromatic N) is 2. The maximum Gasteiger partial charge on any atom is 0.215 e. The minimum Gasteiger partial charge on any atom is -0.324 e. The Bertz CT molecular complexity index is 992. The Morgan fingerprint density at radius 2 is 1.87 bits per heavy atom. The summed E-state index contributed by atoms with van der Waals surface area (Å²) < 4.78 is 3.29. The quantitative estimate of drug-likeness (QED) is 0.164. The van der Waals surface area contributed by atoms with Gasteiger partial charge in [-0.15, -0.1) is 0 Å². The van der Waals surface area contributed by atoms with Crippen LogP contribution in [0.4, 0.5) is 5.69 Å². The molecule has 0 unspecified atom stereocenters. The average Bonchev–Trinajstić information content (AvgIpc) is 2.80. The van der Waals surface area contributed by atoms with E-state index in [1.165, 1.54) is 22.4 Å². The van der Waals surface area contributed by atoms with Gasteiger partial charge in [0.25, 0.3) is 0 Å². The molecule has 0 saturated carbocycles. The smallest absolute Gasteiger partial charge is 0.215 e. The van der Waals surface area contributed by atoms with Crippen molar-refractivity contribution >= 4 is 41.5 Å². The van der Waals surface area contributed by atoms with E-state index in [0.29, 0.717) is 18.8 Å². The van der Waals surface area contributed by atoms with Gasteiger partial charge in [-0.1, -0.05) is 35.9 Å². The third-order valence-electron chi connectivity index (χ3n) is 4.81. The van der Waals surface area contributed by atoms with E-state index in [2.05, 4.69) is 34.0 Å². The molecular formula is C24H25ClN4OS. The predicted molar refractivity (Wildman–Crippen MR) is 130 cm³/mol. The van der Waals surface area contributed by atoms with Gasteiger partial charge in [-0.3, -0.25) is 15.2 Å². The molecule has 0 aliphatic carbocycles. The number of amidine groups is 1. The third kappa shape index (κ3) is 6.84. The Balaban J connectivity index is 1.50. The number of hydrogen-bond donors (Lipinski definition) is 2. The van der Waals surface area contributed by atoms with E-state index in [-0.39, 0.29) is 0 Å². The lowest BCUT2D eigenvalue weighted by Gasteiger charge is -2.15.